The van der Waals surface area contributed by atoms with Crippen LogP contribution in [-0.4, -0.2) is 25.4 Å². The van der Waals surface area contributed by atoms with E-state index in [2.05, 4.69) is 72.7 Å². The van der Waals surface area contributed by atoms with Crippen molar-refractivity contribution in [2.24, 2.45) is 11.8 Å². The maximum atomic E-state index is 11.6. The Kier molecular flexibility index (Phi) is 9.63. The van der Waals surface area contributed by atoms with Gasteiger partial charge in [0.2, 0.25) is 0 Å². The minimum Gasteiger partial charge on any atom is -0.390 e. The van der Waals surface area contributed by atoms with Crippen molar-refractivity contribution in [1.29, 1.82) is 0 Å². The van der Waals surface area contributed by atoms with Crippen molar-refractivity contribution in [3.8, 4) is 5.75 Å². The molecule has 0 radical (unpaired) electrons. The van der Waals surface area contributed by atoms with Gasteiger partial charge in [0.05, 0.1) is 11.9 Å². The van der Waals surface area contributed by atoms with E-state index in [1.807, 2.05) is 13.0 Å². The Morgan fingerprint density at radius 2 is 1.37 bits per heavy atom. The van der Waals surface area contributed by atoms with Crippen molar-refractivity contribution in [1.82, 2.24) is 0 Å². The number of hydrogen-bond donors (Lipinski definition) is 1. The van der Waals surface area contributed by atoms with Crippen molar-refractivity contribution < 1.29 is 17.7 Å². The van der Waals surface area contributed by atoms with Crippen molar-refractivity contribution in [2.45, 2.75) is 98.5 Å². The first-order valence-corrected chi connectivity index (χ1v) is 14.9. The molecule has 0 aliphatic heterocycles. The Balaban J connectivity index is 2.41. The minimum atomic E-state index is -3.57. The number of rotatable bonds is 12. The lowest BCUT2D eigenvalue weighted by molar-refractivity contribution is -0.0386. The van der Waals surface area contributed by atoms with Gasteiger partial charge in [-0.25, -0.2) is 0 Å². The first-order valence-electron chi connectivity index (χ1n) is 13.1. The van der Waals surface area contributed by atoms with Gasteiger partial charge in [0, 0.05) is 5.41 Å². The summed E-state index contributed by atoms with van der Waals surface area (Å²) < 4.78 is 28.4. The van der Waals surface area contributed by atoms with Crippen LogP contribution in [0, 0.1) is 25.7 Å². The number of benzene rings is 2. The zero-order valence-corrected chi connectivity index (χ0v) is 24.1. The zero-order valence-electron chi connectivity index (χ0n) is 23.2. The van der Waals surface area contributed by atoms with Crippen LogP contribution in [0.15, 0.2) is 36.4 Å². The van der Waals surface area contributed by atoms with Gasteiger partial charge < -0.3 is 9.29 Å². The molecular weight excluding hydrogens is 456 g/mol. The smallest absolute Gasteiger partial charge is 0.306 e. The summed E-state index contributed by atoms with van der Waals surface area (Å²) in [5.41, 5.74) is 5.09. The summed E-state index contributed by atoms with van der Waals surface area (Å²) in [5, 5.41) is 11.0. The predicted molar refractivity (Wildman–Crippen MR) is 147 cm³/mol. The molecule has 5 heteroatoms. The van der Waals surface area contributed by atoms with E-state index < -0.39 is 15.7 Å². The molecule has 0 aromatic heterocycles. The van der Waals surface area contributed by atoms with Crippen LogP contribution >= 0.6 is 0 Å². The highest BCUT2D eigenvalue weighted by atomic mass is 32.2. The van der Waals surface area contributed by atoms with Gasteiger partial charge in [-0.15, -0.1) is 0 Å². The highest BCUT2D eigenvalue weighted by molar-refractivity contribution is 7.86. The fourth-order valence-electron chi connectivity index (χ4n) is 5.61. The Morgan fingerprint density at radius 1 is 0.857 bits per heavy atom. The fourth-order valence-corrected chi connectivity index (χ4v) is 6.12. The van der Waals surface area contributed by atoms with E-state index in [1.54, 1.807) is 6.07 Å². The van der Waals surface area contributed by atoms with E-state index in [1.165, 1.54) is 22.3 Å². The Morgan fingerprint density at radius 3 is 1.80 bits per heavy atom. The predicted octanol–water partition coefficient (Wildman–Crippen LogP) is 7.11. The quantitative estimate of drug-likeness (QED) is 0.314. The molecule has 35 heavy (non-hydrogen) atoms. The second-order valence-electron chi connectivity index (χ2n) is 10.5. The summed E-state index contributed by atoms with van der Waals surface area (Å²) in [4.78, 5) is 0. The van der Waals surface area contributed by atoms with Crippen molar-refractivity contribution >= 4 is 10.1 Å². The number of aliphatic hydroxyl groups is 1. The van der Waals surface area contributed by atoms with Crippen LogP contribution in [0.2, 0.25) is 0 Å². The lowest BCUT2D eigenvalue weighted by atomic mass is 9.69. The second kappa shape index (κ2) is 11.5. The number of hydrogen-bond acceptors (Lipinski definition) is 4. The molecule has 4 nitrogen and oxygen atoms in total. The molecule has 1 N–H and O–H groups in total. The Hall–Kier alpha value is -1.85. The second-order valence-corrected chi connectivity index (χ2v) is 12.1. The van der Waals surface area contributed by atoms with E-state index in [-0.39, 0.29) is 11.3 Å². The van der Waals surface area contributed by atoms with Crippen LogP contribution < -0.4 is 4.18 Å². The largest absolute Gasteiger partial charge is 0.390 e. The summed E-state index contributed by atoms with van der Waals surface area (Å²) >= 11 is 0. The molecule has 0 saturated carbocycles. The van der Waals surface area contributed by atoms with Gasteiger partial charge in [-0.2, -0.15) is 8.42 Å². The van der Waals surface area contributed by atoms with Gasteiger partial charge >= 0.3 is 10.1 Å². The molecule has 2 unspecified atom stereocenters. The maximum absolute atomic E-state index is 11.6. The first-order chi connectivity index (χ1) is 16.3. The van der Waals surface area contributed by atoms with E-state index in [0.717, 1.165) is 43.9 Å². The molecule has 2 aromatic rings. The lowest BCUT2D eigenvalue weighted by Gasteiger charge is -2.37. The summed E-state index contributed by atoms with van der Waals surface area (Å²) in [6.45, 7) is 17.1. The summed E-state index contributed by atoms with van der Waals surface area (Å²) in [7, 11) is -3.57. The SMILES string of the molecule is CCC(CC)(c1ccc(CC(C)C(C)C(O)(CC)CC)c(C)c1)c1ccc(OS(C)(=O)=O)c(C)c1. The highest BCUT2D eigenvalue weighted by Crippen LogP contribution is 2.41. The molecule has 0 spiro atoms. The van der Waals surface area contributed by atoms with Crippen molar-refractivity contribution in [3.05, 3.63) is 64.2 Å². The molecule has 0 aliphatic carbocycles. The normalized spacial score (nSPS) is 14.6. The molecule has 196 valence electrons. The van der Waals surface area contributed by atoms with Gasteiger partial charge in [0.15, 0.2) is 0 Å². The van der Waals surface area contributed by atoms with Crippen LogP contribution in [0.1, 0.15) is 95.0 Å². The van der Waals surface area contributed by atoms with E-state index in [4.69, 9.17) is 4.18 Å². The molecule has 0 aliphatic rings. The molecule has 0 heterocycles. The third-order valence-electron chi connectivity index (χ3n) is 8.54. The van der Waals surface area contributed by atoms with Gasteiger partial charge in [-0.1, -0.05) is 71.9 Å². The van der Waals surface area contributed by atoms with Gasteiger partial charge in [0.25, 0.3) is 0 Å². The molecular formula is C30H46O4S. The topological polar surface area (TPSA) is 63.6 Å². The standard InChI is InChI=1S/C30H46O4S/c1-10-29(11-2,27-16-17-28(23(7)20-27)34-35(9,32)33)26-15-14-25(22(6)19-26)18-21(5)24(8)30(31,12-3)13-4/h14-17,19-21,24,31H,10-13,18H2,1-9H3. The Labute approximate surface area is 214 Å². The van der Waals surface area contributed by atoms with Crippen molar-refractivity contribution in [2.75, 3.05) is 6.26 Å². The van der Waals surface area contributed by atoms with Gasteiger partial charge in [0.1, 0.15) is 5.75 Å². The molecule has 0 saturated heterocycles. The lowest BCUT2D eigenvalue weighted by Crippen LogP contribution is -2.39. The molecule has 0 fully saturated rings. The van der Waals surface area contributed by atoms with Crippen LogP contribution in [0.5, 0.6) is 5.75 Å². The zero-order chi connectivity index (χ0) is 26.6. The Bertz CT molecular complexity index is 1100. The number of aryl methyl sites for hydroxylation is 2. The van der Waals surface area contributed by atoms with Gasteiger partial charge in [-0.05, 0) is 91.7 Å². The minimum absolute atomic E-state index is 0.165. The van der Waals surface area contributed by atoms with E-state index >= 15 is 0 Å². The van der Waals surface area contributed by atoms with Crippen LogP contribution in [0.4, 0.5) is 0 Å². The summed E-state index contributed by atoms with van der Waals surface area (Å²) in [5.74, 6) is 0.973. The fraction of sp³-hybridized carbons (Fsp3) is 0.600. The summed E-state index contributed by atoms with van der Waals surface area (Å²) in [6.07, 6.45) is 5.42. The average molecular weight is 503 g/mol. The van der Waals surface area contributed by atoms with E-state index in [9.17, 15) is 13.5 Å². The van der Waals surface area contributed by atoms with E-state index in [0.29, 0.717) is 11.7 Å². The molecule has 2 rings (SSSR count). The monoisotopic (exact) mass is 502 g/mol. The van der Waals surface area contributed by atoms with Crippen molar-refractivity contribution in [3.63, 3.8) is 0 Å². The third-order valence-corrected chi connectivity index (χ3v) is 9.02. The van der Waals surface area contributed by atoms with Crippen LogP contribution in [0.25, 0.3) is 0 Å². The summed E-state index contributed by atoms with van der Waals surface area (Å²) in [6, 6.07) is 12.7. The third kappa shape index (κ3) is 6.48. The van der Waals surface area contributed by atoms with Crippen LogP contribution in [-0.2, 0) is 22.0 Å². The maximum Gasteiger partial charge on any atom is 0.306 e. The average Bonchev–Trinajstić information content (AvgIpc) is 2.81. The molecule has 2 aromatic carbocycles. The molecule has 0 bridgehead atoms. The van der Waals surface area contributed by atoms with Crippen LogP contribution in [0.3, 0.4) is 0 Å². The molecule has 2 atom stereocenters. The highest BCUT2D eigenvalue weighted by Gasteiger charge is 2.34. The first kappa shape index (κ1) is 29.4. The molecule has 0 amide bonds. The van der Waals surface area contributed by atoms with Gasteiger partial charge in [-0.3, -0.25) is 0 Å².